The fourth-order valence-corrected chi connectivity index (χ4v) is 1.16. The van der Waals surface area contributed by atoms with E-state index in [4.69, 9.17) is 23.2 Å². The minimum atomic E-state index is 0.156. The molecule has 0 aliphatic carbocycles. The molecule has 0 fully saturated rings. The summed E-state index contributed by atoms with van der Waals surface area (Å²) in [6, 6.07) is 5.17. The quantitative estimate of drug-likeness (QED) is 0.709. The first kappa shape index (κ1) is 9.36. The Morgan fingerprint density at radius 3 is 2.83 bits per heavy atom. The Labute approximate surface area is 80.0 Å². The van der Waals surface area contributed by atoms with Gasteiger partial charge in [-0.1, -0.05) is 35.3 Å². The lowest BCUT2D eigenvalue weighted by Crippen LogP contribution is -1.91. The summed E-state index contributed by atoms with van der Waals surface area (Å²) in [7, 11) is 0. The highest BCUT2D eigenvalue weighted by molar-refractivity contribution is 6.42. The summed E-state index contributed by atoms with van der Waals surface area (Å²) < 4.78 is 4.53. The van der Waals surface area contributed by atoms with Crippen LogP contribution in [0.5, 0.6) is 0 Å². The van der Waals surface area contributed by atoms with Crippen LogP contribution in [-0.4, -0.2) is 6.47 Å². The van der Waals surface area contributed by atoms with Crippen molar-refractivity contribution in [1.82, 2.24) is 0 Å². The second-order valence-electron chi connectivity index (χ2n) is 2.12. The SMILES string of the molecule is O=COCc1cccc(Cl)c1Cl. The van der Waals surface area contributed by atoms with Crippen LogP contribution >= 0.6 is 23.2 Å². The molecule has 0 aliphatic rings. The molecule has 0 aliphatic heterocycles. The predicted octanol–water partition coefficient (Wildman–Crippen LogP) is 2.67. The highest BCUT2D eigenvalue weighted by atomic mass is 35.5. The molecule has 4 heteroatoms. The summed E-state index contributed by atoms with van der Waals surface area (Å²) in [5, 5.41) is 0.893. The van der Waals surface area contributed by atoms with Gasteiger partial charge in [-0.15, -0.1) is 0 Å². The van der Waals surface area contributed by atoms with E-state index in [-0.39, 0.29) is 6.61 Å². The zero-order valence-corrected chi connectivity index (χ0v) is 7.60. The third-order valence-corrected chi connectivity index (χ3v) is 2.20. The van der Waals surface area contributed by atoms with Gasteiger partial charge < -0.3 is 4.74 Å². The van der Waals surface area contributed by atoms with Gasteiger partial charge in [0.15, 0.2) is 0 Å². The van der Waals surface area contributed by atoms with Gasteiger partial charge in [-0.05, 0) is 6.07 Å². The van der Waals surface area contributed by atoms with Gasteiger partial charge in [-0.3, -0.25) is 4.79 Å². The lowest BCUT2D eigenvalue weighted by Gasteiger charge is -2.02. The Balaban J connectivity index is 2.84. The molecule has 1 aromatic rings. The largest absolute Gasteiger partial charge is 0.463 e. The van der Waals surface area contributed by atoms with E-state index in [2.05, 4.69) is 4.74 Å². The van der Waals surface area contributed by atoms with Crippen molar-refractivity contribution in [2.75, 3.05) is 0 Å². The van der Waals surface area contributed by atoms with Gasteiger partial charge in [-0.2, -0.15) is 0 Å². The molecule has 0 saturated carbocycles. The third kappa shape index (κ3) is 2.13. The summed E-state index contributed by atoms with van der Waals surface area (Å²) in [5.74, 6) is 0. The first-order valence-electron chi connectivity index (χ1n) is 3.24. The zero-order chi connectivity index (χ0) is 8.97. The highest BCUT2D eigenvalue weighted by Crippen LogP contribution is 2.25. The molecule has 2 nitrogen and oxygen atoms in total. The van der Waals surface area contributed by atoms with Gasteiger partial charge in [0.2, 0.25) is 0 Å². The van der Waals surface area contributed by atoms with Crippen molar-refractivity contribution in [3.05, 3.63) is 33.8 Å². The van der Waals surface area contributed by atoms with Gasteiger partial charge in [0, 0.05) is 5.56 Å². The lowest BCUT2D eigenvalue weighted by molar-refractivity contribution is -0.129. The molecule has 64 valence electrons. The van der Waals surface area contributed by atoms with Crippen molar-refractivity contribution >= 4 is 29.7 Å². The molecule has 0 heterocycles. The first-order chi connectivity index (χ1) is 5.75. The molecule has 1 aromatic carbocycles. The van der Waals surface area contributed by atoms with Crippen molar-refractivity contribution in [3.8, 4) is 0 Å². The van der Waals surface area contributed by atoms with Crippen LogP contribution in [0.2, 0.25) is 10.0 Å². The van der Waals surface area contributed by atoms with E-state index in [1.807, 2.05) is 0 Å². The molecule has 12 heavy (non-hydrogen) atoms. The third-order valence-electron chi connectivity index (χ3n) is 1.34. The average molecular weight is 205 g/mol. The van der Waals surface area contributed by atoms with Crippen molar-refractivity contribution in [2.45, 2.75) is 6.61 Å². The van der Waals surface area contributed by atoms with Gasteiger partial charge in [0.05, 0.1) is 10.0 Å². The number of carbonyl (C=O) groups excluding carboxylic acids is 1. The van der Waals surface area contributed by atoms with Crippen LogP contribution in [-0.2, 0) is 16.1 Å². The molecular weight excluding hydrogens is 199 g/mol. The number of hydrogen-bond donors (Lipinski definition) is 0. The molecule has 0 spiro atoms. The Morgan fingerprint density at radius 1 is 1.42 bits per heavy atom. The summed E-state index contributed by atoms with van der Waals surface area (Å²) in [6.45, 7) is 0.528. The molecule has 0 amide bonds. The van der Waals surface area contributed by atoms with Gasteiger partial charge in [0.25, 0.3) is 6.47 Å². The summed E-state index contributed by atoms with van der Waals surface area (Å²) in [4.78, 5) is 9.88. The van der Waals surface area contributed by atoms with Crippen LogP contribution in [0.15, 0.2) is 18.2 Å². The van der Waals surface area contributed by atoms with Gasteiger partial charge in [-0.25, -0.2) is 0 Å². The fraction of sp³-hybridized carbons (Fsp3) is 0.125. The Hall–Kier alpha value is -0.730. The highest BCUT2D eigenvalue weighted by Gasteiger charge is 2.03. The number of rotatable bonds is 3. The van der Waals surface area contributed by atoms with E-state index in [0.717, 1.165) is 0 Å². The minimum Gasteiger partial charge on any atom is -0.463 e. The second-order valence-corrected chi connectivity index (χ2v) is 2.91. The number of carbonyl (C=O) groups is 1. The maximum Gasteiger partial charge on any atom is 0.293 e. The van der Waals surface area contributed by atoms with E-state index in [0.29, 0.717) is 22.1 Å². The minimum absolute atomic E-state index is 0.156. The van der Waals surface area contributed by atoms with E-state index < -0.39 is 0 Å². The van der Waals surface area contributed by atoms with Gasteiger partial charge in [0.1, 0.15) is 6.61 Å². The predicted molar refractivity (Wildman–Crippen MR) is 47.3 cm³/mol. The normalized spacial score (nSPS) is 9.50. The Bertz CT molecular complexity index is 286. The maximum atomic E-state index is 9.88. The molecule has 0 bridgehead atoms. The molecule has 0 unspecified atom stereocenters. The number of hydrogen-bond acceptors (Lipinski definition) is 2. The Morgan fingerprint density at radius 2 is 2.17 bits per heavy atom. The van der Waals surface area contributed by atoms with E-state index in [9.17, 15) is 4.79 Å². The number of halogens is 2. The summed E-state index contributed by atoms with van der Waals surface area (Å²) >= 11 is 11.5. The molecule has 0 N–H and O–H groups in total. The van der Waals surface area contributed by atoms with Crippen LogP contribution in [0.25, 0.3) is 0 Å². The van der Waals surface area contributed by atoms with Crippen molar-refractivity contribution in [2.24, 2.45) is 0 Å². The number of benzene rings is 1. The van der Waals surface area contributed by atoms with Gasteiger partial charge >= 0.3 is 0 Å². The first-order valence-corrected chi connectivity index (χ1v) is 3.99. The maximum absolute atomic E-state index is 9.88. The molecule has 0 atom stereocenters. The molecule has 0 aromatic heterocycles. The molecule has 1 rings (SSSR count). The van der Waals surface area contributed by atoms with Crippen molar-refractivity contribution in [3.63, 3.8) is 0 Å². The van der Waals surface area contributed by atoms with Crippen LogP contribution in [0, 0.1) is 0 Å². The Kier molecular flexibility index (Phi) is 3.38. The molecule has 0 radical (unpaired) electrons. The topological polar surface area (TPSA) is 26.3 Å². The van der Waals surface area contributed by atoms with E-state index >= 15 is 0 Å². The van der Waals surface area contributed by atoms with Crippen LogP contribution < -0.4 is 0 Å². The van der Waals surface area contributed by atoms with Crippen LogP contribution in [0.4, 0.5) is 0 Å². The summed E-state index contributed by atoms with van der Waals surface area (Å²) in [5.41, 5.74) is 0.705. The van der Waals surface area contributed by atoms with E-state index in [1.165, 1.54) is 0 Å². The lowest BCUT2D eigenvalue weighted by atomic mass is 10.2. The molecule has 0 saturated heterocycles. The monoisotopic (exact) mass is 204 g/mol. The van der Waals surface area contributed by atoms with Crippen LogP contribution in [0.1, 0.15) is 5.56 Å². The second kappa shape index (κ2) is 4.33. The molecular formula is C8H6Cl2O2. The van der Waals surface area contributed by atoms with E-state index in [1.54, 1.807) is 18.2 Å². The summed E-state index contributed by atoms with van der Waals surface area (Å²) in [6.07, 6.45) is 0. The van der Waals surface area contributed by atoms with Crippen molar-refractivity contribution < 1.29 is 9.53 Å². The standard InChI is InChI=1S/C8H6Cl2O2/c9-7-3-1-2-6(8(7)10)4-12-5-11/h1-3,5H,4H2. The fourth-order valence-electron chi connectivity index (χ4n) is 0.784. The zero-order valence-electron chi connectivity index (χ0n) is 6.09. The average Bonchev–Trinajstić information content (AvgIpc) is 2.08. The van der Waals surface area contributed by atoms with Crippen molar-refractivity contribution in [1.29, 1.82) is 0 Å². The van der Waals surface area contributed by atoms with Crippen LogP contribution in [0.3, 0.4) is 0 Å². The smallest absolute Gasteiger partial charge is 0.293 e. The number of ether oxygens (including phenoxy) is 1.